The molecule has 3 rings (SSSR count). The molecular formula is C20H17Cl2NO3S2. The molecule has 0 saturated carbocycles. The van der Waals surface area contributed by atoms with Crippen LogP contribution in [0, 0.1) is 6.92 Å². The Balaban J connectivity index is 1.69. The molecule has 0 radical (unpaired) electrons. The molecule has 1 fully saturated rings. The number of carbonyl (C=O) groups is 1. The highest BCUT2D eigenvalue weighted by Gasteiger charge is 2.28. The van der Waals surface area contributed by atoms with Crippen molar-refractivity contribution < 1.29 is 14.3 Å². The SMILES string of the molecule is Cc1ccc(OCCOc2cc(Cl)ccc2Cl)c(/C=C2/SC(=S)N(C)C2=O)c1. The fourth-order valence-corrected chi connectivity index (χ4v) is 3.99. The van der Waals surface area contributed by atoms with Crippen LogP contribution in [0.4, 0.5) is 0 Å². The number of thioether (sulfide) groups is 1. The molecule has 1 aliphatic heterocycles. The van der Waals surface area contributed by atoms with Crippen molar-refractivity contribution in [1.82, 2.24) is 4.90 Å². The van der Waals surface area contributed by atoms with Gasteiger partial charge >= 0.3 is 0 Å². The van der Waals surface area contributed by atoms with Gasteiger partial charge in [-0.3, -0.25) is 9.69 Å². The maximum Gasteiger partial charge on any atom is 0.265 e. The summed E-state index contributed by atoms with van der Waals surface area (Å²) in [4.78, 5) is 14.3. The Labute approximate surface area is 183 Å². The van der Waals surface area contributed by atoms with Crippen LogP contribution in [0.25, 0.3) is 6.08 Å². The van der Waals surface area contributed by atoms with Gasteiger partial charge in [0.1, 0.15) is 29.0 Å². The third-order valence-corrected chi connectivity index (χ3v) is 5.96. The van der Waals surface area contributed by atoms with E-state index in [-0.39, 0.29) is 5.91 Å². The number of carbonyl (C=O) groups excluding carboxylic acids is 1. The van der Waals surface area contributed by atoms with Crippen LogP contribution in [0.15, 0.2) is 41.3 Å². The zero-order valence-corrected chi connectivity index (χ0v) is 18.3. The molecule has 28 heavy (non-hydrogen) atoms. The van der Waals surface area contributed by atoms with E-state index in [1.165, 1.54) is 16.7 Å². The van der Waals surface area contributed by atoms with Gasteiger partial charge in [-0.15, -0.1) is 0 Å². The third kappa shape index (κ3) is 5.00. The van der Waals surface area contributed by atoms with Crippen molar-refractivity contribution in [1.29, 1.82) is 0 Å². The van der Waals surface area contributed by atoms with Crippen molar-refractivity contribution in [3.8, 4) is 11.5 Å². The van der Waals surface area contributed by atoms with Crippen LogP contribution >= 0.6 is 47.2 Å². The van der Waals surface area contributed by atoms with Gasteiger partial charge in [0, 0.05) is 23.7 Å². The molecule has 1 amide bonds. The van der Waals surface area contributed by atoms with Crippen LogP contribution in [0.3, 0.4) is 0 Å². The molecule has 146 valence electrons. The van der Waals surface area contributed by atoms with Gasteiger partial charge in [0.2, 0.25) is 0 Å². The number of benzene rings is 2. The topological polar surface area (TPSA) is 38.8 Å². The fraction of sp³-hybridized carbons (Fsp3) is 0.200. The Morgan fingerprint density at radius 3 is 2.50 bits per heavy atom. The largest absolute Gasteiger partial charge is 0.489 e. The molecule has 2 aromatic carbocycles. The Hall–Kier alpha value is -1.73. The van der Waals surface area contributed by atoms with Crippen molar-refractivity contribution >= 4 is 63.5 Å². The second kappa shape index (κ2) is 9.18. The molecular weight excluding hydrogens is 437 g/mol. The average molecular weight is 454 g/mol. The van der Waals surface area contributed by atoms with Crippen LogP contribution in [-0.2, 0) is 4.79 Å². The summed E-state index contributed by atoms with van der Waals surface area (Å²) in [6.07, 6.45) is 1.81. The van der Waals surface area contributed by atoms with Gasteiger partial charge in [0.05, 0.1) is 9.93 Å². The third-order valence-electron chi connectivity index (χ3n) is 3.93. The molecule has 0 unspecified atom stereocenters. The molecule has 0 aliphatic carbocycles. The molecule has 0 bridgehead atoms. The minimum atomic E-state index is -0.110. The van der Waals surface area contributed by atoms with E-state index in [1.807, 2.05) is 25.1 Å². The summed E-state index contributed by atoms with van der Waals surface area (Å²) in [5, 5.41) is 1.04. The van der Waals surface area contributed by atoms with Crippen molar-refractivity contribution in [2.45, 2.75) is 6.92 Å². The number of aryl methyl sites for hydroxylation is 1. The van der Waals surface area contributed by atoms with E-state index in [9.17, 15) is 4.79 Å². The Morgan fingerprint density at radius 2 is 1.82 bits per heavy atom. The van der Waals surface area contributed by atoms with Crippen LogP contribution < -0.4 is 9.47 Å². The number of ether oxygens (including phenoxy) is 2. The van der Waals surface area contributed by atoms with E-state index in [0.717, 1.165) is 11.1 Å². The summed E-state index contributed by atoms with van der Waals surface area (Å²) in [5.74, 6) is 1.06. The normalized spacial score (nSPS) is 15.4. The van der Waals surface area contributed by atoms with E-state index >= 15 is 0 Å². The molecule has 1 heterocycles. The van der Waals surface area contributed by atoms with E-state index in [2.05, 4.69) is 0 Å². The Kier molecular flexibility index (Phi) is 6.88. The van der Waals surface area contributed by atoms with Gasteiger partial charge in [0.15, 0.2) is 0 Å². The van der Waals surface area contributed by atoms with Crippen LogP contribution in [0.5, 0.6) is 11.5 Å². The van der Waals surface area contributed by atoms with E-state index in [0.29, 0.717) is 44.0 Å². The number of hydrogen-bond acceptors (Lipinski definition) is 5. The molecule has 1 saturated heterocycles. The van der Waals surface area contributed by atoms with Crippen molar-refractivity contribution in [2.75, 3.05) is 20.3 Å². The summed E-state index contributed by atoms with van der Waals surface area (Å²) in [6.45, 7) is 2.59. The number of halogens is 2. The standard InChI is InChI=1S/C20H17Cl2NO3S2/c1-12-3-6-16(13(9-12)10-18-19(24)23(2)20(27)28-18)25-7-8-26-17-11-14(21)4-5-15(17)22/h3-6,9-11H,7-8H2,1-2H3/b18-10+. The Bertz CT molecular complexity index is 962. The maximum atomic E-state index is 12.3. The molecule has 0 spiro atoms. The van der Waals surface area contributed by atoms with Gasteiger partial charge in [-0.1, -0.05) is 58.8 Å². The molecule has 8 heteroatoms. The van der Waals surface area contributed by atoms with Crippen molar-refractivity contribution in [3.63, 3.8) is 0 Å². The van der Waals surface area contributed by atoms with Gasteiger partial charge < -0.3 is 9.47 Å². The molecule has 0 atom stereocenters. The quantitative estimate of drug-likeness (QED) is 0.323. The van der Waals surface area contributed by atoms with Gasteiger partial charge in [-0.2, -0.15) is 0 Å². The predicted molar refractivity (Wildman–Crippen MR) is 120 cm³/mol. The maximum absolute atomic E-state index is 12.3. The van der Waals surface area contributed by atoms with E-state index < -0.39 is 0 Å². The minimum absolute atomic E-state index is 0.110. The first-order valence-electron chi connectivity index (χ1n) is 8.38. The zero-order valence-electron chi connectivity index (χ0n) is 15.2. The summed E-state index contributed by atoms with van der Waals surface area (Å²) < 4.78 is 12.1. The zero-order chi connectivity index (χ0) is 20.3. The van der Waals surface area contributed by atoms with Crippen LogP contribution in [-0.4, -0.2) is 35.4 Å². The summed E-state index contributed by atoms with van der Waals surface area (Å²) in [6, 6.07) is 10.8. The van der Waals surface area contributed by atoms with Crippen LogP contribution in [0.1, 0.15) is 11.1 Å². The number of nitrogens with zero attached hydrogens (tertiary/aromatic N) is 1. The van der Waals surface area contributed by atoms with Gasteiger partial charge in [0.25, 0.3) is 5.91 Å². The number of thiocarbonyl (C=S) groups is 1. The second-order valence-electron chi connectivity index (χ2n) is 6.05. The van der Waals surface area contributed by atoms with E-state index in [4.69, 9.17) is 44.9 Å². The number of hydrogen-bond donors (Lipinski definition) is 0. The second-order valence-corrected chi connectivity index (χ2v) is 8.57. The average Bonchev–Trinajstić information content (AvgIpc) is 2.89. The molecule has 1 aliphatic rings. The molecule has 2 aromatic rings. The monoisotopic (exact) mass is 453 g/mol. The first-order chi connectivity index (χ1) is 13.3. The predicted octanol–water partition coefficient (Wildman–Crippen LogP) is 5.59. The number of likely N-dealkylation sites (N-methyl/N-ethyl adjacent to an activating group) is 1. The molecule has 0 N–H and O–H groups in total. The van der Waals surface area contributed by atoms with Gasteiger partial charge in [-0.25, -0.2) is 0 Å². The highest BCUT2D eigenvalue weighted by atomic mass is 35.5. The van der Waals surface area contributed by atoms with Crippen molar-refractivity contribution in [2.24, 2.45) is 0 Å². The first-order valence-corrected chi connectivity index (χ1v) is 10.4. The lowest BCUT2D eigenvalue weighted by Crippen LogP contribution is -2.22. The summed E-state index contributed by atoms with van der Waals surface area (Å²) >= 11 is 18.5. The lowest BCUT2D eigenvalue weighted by molar-refractivity contribution is -0.121. The number of rotatable bonds is 6. The molecule has 0 aromatic heterocycles. The number of amides is 1. The van der Waals surface area contributed by atoms with Crippen LogP contribution in [0.2, 0.25) is 10.0 Å². The molecule has 4 nitrogen and oxygen atoms in total. The van der Waals surface area contributed by atoms with Crippen molar-refractivity contribution in [3.05, 3.63) is 62.5 Å². The fourth-order valence-electron chi connectivity index (χ4n) is 2.49. The lowest BCUT2D eigenvalue weighted by Gasteiger charge is -2.12. The van der Waals surface area contributed by atoms with Gasteiger partial charge in [-0.05, 0) is 37.3 Å². The first kappa shape index (κ1) is 21.0. The summed E-state index contributed by atoms with van der Waals surface area (Å²) in [7, 11) is 1.67. The Morgan fingerprint density at radius 1 is 1.11 bits per heavy atom. The minimum Gasteiger partial charge on any atom is -0.489 e. The van der Waals surface area contributed by atoms with E-state index in [1.54, 1.807) is 31.3 Å². The smallest absolute Gasteiger partial charge is 0.265 e. The highest BCUT2D eigenvalue weighted by molar-refractivity contribution is 8.26. The highest BCUT2D eigenvalue weighted by Crippen LogP contribution is 2.33. The summed E-state index contributed by atoms with van der Waals surface area (Å²) in [5.41, 5.74) is 1.88. The lowest BCUT2D eigenvalue weighted by atomic mass is 10.1.